The first-order valence-electron chi connectivity index (χ1n) is 13.4. The van der Waals surface area contributed by atoms with Crippen LogP contribution in [-0.4, -0.2) is 79.4 Å². The molecule has 0 aromatic heterocycles. The molecule has 9 nitrogen and oxygen atoms in total. The lowest BCUT2D eigenvalue weighted by Gasteiger charge is -2.34. The van der Waals surface area contributed by atoms with Gasteiger partial charge in [-0.25, -0.2) is 4.79 Å². The van der Waals surface area contributed by atoms with Crippen molar-refractivity contribution in [2.75, 3.05) is 51.0 Å². The van der Waals surface area contributed by atoms with Gasteiger partial charge in [0.2, 0.25) is 5.91 Å². The summed E-state index contributed by atoms with van der Waals surface area (Å²) in [4.78, 5) is 30.1. The van der Waals surface area contributed by atoms with E-state index in [1.807, 2.05) is 13.0 Å². The monoisotopic (exact) mass is 524 g/mol. The third-order valence-corrected chi connectivity index (χ3v) is 7.28. The third kappa shape index (κ3) is 7.39. The number of aliphatic hydroxyl groups excluding tert-OH is 1. The Morgan fingerprint density at radius 3 is 2.50 bits per heavy atom. The molecule has 0 bridgehead atoms. The van der Waals surface area contributed by atoms with Crippen molar-refractivity contribution in [3.63, 3.8) is 0 Å². The first kappa shape index (κ1) is 27.7. The van der Waals surface area contributed by atoms with Crippen LogP contribution in [0.4, 0.5) is 16.2 Å². The third-order valence-electron chi connectivity index (χ3n) is 7.28. The summed E-state index contributed by atoms with van der Waals surface area (Å²) in [6, 6.07) is 11.8. The number of methoxy groups -OCH3 is 1. The second-order valence-corrected chi connectivity index (χ2v) is 10.7. The Hall–Kier alpha value is -3.30. The SMILES string of the molecule is COc1ccc(NC(=O)Nc2ccc3c(c2)CC(=O)N([C@H](C)CO)C[C@H](C)[C@@H](CN(C)CC2CC2)O3)cc1. The summed E-state index contributed by atoms with van der Waals surface area (Å²) in [7, 11) is 3.71. The number of amides is 3. The van der Waals surface area contributed by atoms with E-state index in [0.717, 1.165) is 19.0 Å². The molecule has 1 aliphatic carbocycles. The van der Waals surface area contributed by atoms with Crippen LogP contribution in [0.1, 0.15) is 32.3 Å². The fraction of sp³-hybridized carbons (Fsp3) is 0.517. The number of ether oxygens (including phenoxy) is 2. The molecule has 3 amide bonds. The normalized spacial score (nSPS) is 20.5. The van der Waals surface area contributed by atoms with Gasteiger partial charge in [-0.15, -0.1) is 0 Å². The van der Waals surface area contributed by atoms with E-state index in [-0.39, 0.29) is 37.0 Å². The number of carbonyl (C=O) groups excluding carboxylic acids is 2. The minimum atomic E-state index is -0.394. The van der Waals surface area contributed by atoms with E-state index >= 15 is 0 Å². The molecule has 0 unspecified atom stereocenters. The number of likely N-dealkylation sites (N-methyl/N-ethyl adjacent to an activating group) is 1. The Morgan fingerprint density at radius 2 is 1.84 bits per heavy atom. The molecule has 3 atom stereocenters. The molecule has 4 rings (SSSR count). The molecule has 1 fully saturated rings. The van der Waals surface area contributed by atoms with Gasteiger partial charge in [0, 0.05) is 42.5 Å². The number of carbonyl (C=O) groups is 2. The maximum atomic E-state index is 13.4. The van der Waals surface area contributed by atoms with Gasteiger partial charge in [-0.2, -0.15) is 0 Å². The van der Waals surface area contributed by atoms with Crippen LogP contribution in [0.25, 0.3) is 0 Å². The number of hydrogen-bond acceptors (Lipinski definition) is 6. The van der Waals surface area contributed by atoms with Crippen molar-refractivity contribution in [3.05, 3.63) is 48.0 Å². The van der Waals surface area contributed by atoms with Gasteiger partial charge in [-0.1, -0.05) is 6.92 Å². The number of nitrogens with one attached hydrogen (secondary N) is 2. The highest BCUT2D eigenvalue weighted by molar-refractivity contribution is 6.00. The summed E-state index contributed by atoms with van der Waals surface area (Å²) >= 11 is 0. The second-order valence-electron chi connectivity index (χ2n) is 10.7. The predicted octanol–water partition coefficient (Wildman–Crippen LogP) is 3.83. The van der Waals surface area contributed by atoms with E-state index in [4.69, 9.17) is 9.47 Å². The van der Waals surface area contributed by atoms with Crippen molar-refractivity contribution in [2.24, 2.45) is 11.8 Å². The standard InChI is InChI=1S/C29H40N4O5/c1-19-15-33(20(2)18-34)28(35)14-22-13-24(31-29(36)30-23-7-10-25(37-4)11-8-23)9-12-26(22)38-27(19)17-32(3)16-21-5-6-21/h7-13,19-21,27,34H,5-6,14-18H2,1-4H3,(H2,30,31,36)/t19-,20+,27+/m0/s1. The summed E-state index contributed by atoms with van der Waals surface area (Å²) in [5.74, 6) is 2.11. The zero-order valence-electron chi connectivity index (χ0n) is 22.8. The van der Waals surface area contributed by atoms with Gasteiger partial charge in [-0.3, -0.25) is 4.79 Å². The summed E-state index contributed by atoms with van der Waals surface area (Å²) < 4.78 is 11.7. The van der Waals surface area contributed by atoms with Gasteiger partial charge in [0.15, 0.2) is 0 Å². The summed E-state index contributed by atoms with van der Waals surface area (Å²) in [6.07, 6.45) is 2.56. The Bertz CT molecular complexity index is 1100. The van der Waals surface area contributed by atoms with Gasteiger partial charge in [0.05, 0.1) is 26.2 Å². The van der Waals surface area contributed by atoms with Crippen molar-refractivity contribution in [2.45, 2.75) is 45.3 Å². The van der Waals surface area contributed by atoms with Crippen LogP contribution in [0.2, 0.25) is 0 Å². The average Bonchev–Trinajstić information content (AvgIpc) is 3.71. The molecule has 1 aliphatic heterocycles. The highest BCUT2D eigenvalue weighted by Crippen LogP contribution is 2.31. The molecule has 1 saturated carbocycles. The van der Waals surface area contributed by atoms with Gasteiger partial charge >= 0.3 is 6.03 Å². The lowest BCUT2D eigenvalue weighted by atomic mass is 10.0. The van der Waals surface area contributed by atoms with E-state index in [9.17, 15) is 14.7 Å². The summed E-state index contributed by atoms with van der Waals surface area (Å²) in [5.41, 5.74) is 1.89. The van der Waals surface area contributed by atoms with E-state index in [2.05, 4.69) is 29.5 Å². The Kier molecular flexibility index (Phi) is 9.12. The van der Waals surface area contributed by atoms with Crippen molar-refractivity contribution >= 4 is 23.3 Å². The molecule has 0 radical (unpaired) electrons. The van der Waals surface area contributed by atoms with Gasteiger partial charge in [0.25, 0.3) is 0 Å². The van der Waals surface area contributed by atoms with Crippen LogP contribution >= 0.6 is 0 Å². The van der Waals surface area contributed by atoms with Crippen LogP contribution in [-0.2, 0) is 11.2 Å². The second kappa shape index (κ2) is 12.5. The molecule has 2 aromatic carbocycles. The van der Waals surface area contributed by atoms with Crippen molar-refractivity contribution < 1.29 is 24.2 Å². The summed E-state index contributed by atoms with van der Waals surface area (Å²) in [5, 5.41) is 15.5. The Labute approximate surface area is 225 Å². The van der Waals surface area contributed by atoms with E-state index in [1.54, 1.807) is 48.4 Å². The lowest BCUT2D eigenvalue weighted by Crippen LogP contribution is -2.47. The Morgan fingerprint density at radius 1 is 1.16 bits per heavy atom. The molecular formula is C29H40N4O5. The van der Waals surface area contributed by atoms with Crippen LogP contribution in [0.5, 0.6) is 11.5 Å². The van der Waals surface area contributed by atoms with Crippen LogP contribution < -0.4 is 20.1 Å². The molecular weight excluding hydrogens is 484 g/mol. The highest BCUT2D eigenvalue weighted by Gasteiger charge is 2.32. The largest absolute Gasteiger partial charge is 0.497 e. The quantitative estimate of drug-likeness (QED) is 0.461. The van der Waals surface area contributed by atoms with E-state index in [0.29, 0.717) is 35.0 Å². The molecule has 3 N–H and O–H groups in total. The topological polar surface area (TPSA) is 103 Å². The van der Waals surface area contributed by atoms with Crippen LogP contribution in [0.15, 0.2) is 42.5 Å². The number of fused-ring (bicyclic) bond motifs is 1. The van der Waals surface area contributed by atoms with Crippen LogP contribution in [0, 0.1) is 11.8 Å². The smallest absolute Gasteiger partial charge is 0.323 e. The number of urea groups is 1. The van der Waals surface area contributed by atoms with Gasteiger partial charge in [0.1, 0.15) is 17.6 Å². The van der Waals surface area contributed by atoms with E-state index < -0.39 is 6.03 Å². The number of hydrogen-bond donors (Lipinski definition) is 3. The fourth-order valence-electron chi connectivity index (χ4n) is 4.82. The lowest BCUT2D eigenvalue weighted by molar-refractivity contribution is -0.134. The number of rotatable bonds is 9. The first-order chi connectivity index (χ1) is 18.2. The molecule has 1 heterocycles. The number of anilines is 2. The first-order valence-corrected chi connectivity index (χ1v) is 13.4. The minimum Gasteiger partial charge on any atom is -0.497 e. The molecule has 2 aromatic rings. The molecule has 0 saturated heterocycles. The average molecular weight is 525 g/mol. The van der Waals surface area contributed by atoms with E-state index in [1.165, 1.54) is 12.8 Å². The number of nitrogens with zero attached hydrogens (tertiary/aromatic N) is 2. The maximum absolute atomic E-state index is 13.4. The molecule has 2 aliphatic rings. The molecule has 38 heavy (non-hydrogen) atoms. The zero-order chi connectivity index (χ0) is 27.2. The zero-order valence-corrected chi connectivity index (χ0v) is 22.8. The number of aliphatic hydroxyl groups is 1. The molecule has 0 spiro atoms. The number of benzene rings is 2. The Balaban J connectivity index is 1.53. The minimum absolute atomic E-state index is 0.0635. The maximum Gasteiger partial charge on any atom is 0.323 e. The molecule has 206 valence electrons. The van der Waals surface area contributed by atoms with Crippen LogP contribution in [0.3, 0.4) is 0 Å². The summed E-state index contributed by atoms with van der Waals surface area (Å²) in [6.45, 7) is 6.15. The van der Waals surface area contributed by atoms with Gasteiger partial charge in [-0.05, 0) is 75.2 Å². The van der Waals surface area contributed by atoms with Crippen molar-refractivity contribution in [1.29, 1.82) is 0 Å². The van der Waals surface area contributed by atoms with Gasteiger partial charge < -0.3 is 35.0 Å². The fourth-order valence-corrected chi connectivity index (χ4v) is 4.82. The van der Waals surface area contributed by atoms with Crippen molar-refractivity contribution in [3.8, 4) is 11.5 Å². The van der Waals surface area contributed by atoms with Crippen molar-refractivity contribution in [1.82, 2.24) is 9.80 Å². The predicted molar refractivity (Wildman–Crippen MR) is 148 cm³/mol. The highest BCUT2D eigenvalue weighted by atomic mass is 16.5. The molecule has 9 heteroatoms.